The molecular formula is C18H25NO2. The van der Waals surface area contributed by atoms with E-state index in [1.165, 1.54) is 43.4 Å². The van der Waals surface area contributed by atoms with Gasteiger partial charge in [-0.2, -0.15) is 0 Å². The summed E-state index contributed by atoms with van der Waals surface area (Å²) >= 11 is 0. The summed E-state index contributed by atoms with van der Waals surface area (Å²) in [5.74, 6) is 0.781. The van der Waals surface area contributed by atoms with E-state index in [0.717, 1.165) is 32.2 Å². The molecule has 21 heavy (non-hydrogen) atoms. The quantitative estimate of drug-likeness (QED) is 0.904. The van der Waals surface area contributed by atoms with E-state index in [9.17, 15) is 0 Å². The van der Waals surface area contributed by atoms with Gasteiger partial charge in [0.2, 0.25) is 0 Å². The van der Waals surface area contributed by atoms with Crippen LogP contribution in [0.25, 0.3) is 0 Å². The van der Waals surface area contributed by atoms with E-state index in [1.807, 2.05) is 0 Å². The van der Waals surface area contributed by atoms with Gasteiger partial charge in [-0.05, 0) is 49.7 Å². The van der Waals surface area contributed by atoms with E-state index in [4.69, 9.17) is 9.47 Å². The van der Waals surface area contributed by atoms with Crippen molar-refractivity contribution in [3.63, 3.8) is 0 Å². The summed E-state index contributed by atoms with van der Waals surface area (Å²) in [4.78, 5) is 0. The second kappa shape index (κ2) is 5.62. The number of para-hydroxylation sites is 1. The summed E-state index contributed by atoms with van der Waals surface area (Å²) in [7, 11) is 0. The molecule has 0 bridgehead atoms. The first kappa shape index (κ1) is 13.6. The number of aryl methyl sites for hydroxylation is 1. The first-order valence-electron chi connectivity index (χ1n) is 8.39. The van der Waals surface area contributed by atoms with E-state index in [2.05, 4.69) is 29.6 Å². The third-order valence-electron chi connectivity index (χ3n) is 5.42. The van der Waals surface area contributed by atoms with E-state index >= 15 is 0 Å². The van der Waals surface area contributed by atoms with Gasteiger partial charge in [0.15, 0.2) is 0 Å². The van der Waals surface area contributed by atoms with Gasteiger partial charge >= 0.3 is 0 Å². The second-order valence-corrected chi connectivity index (χ2v) is 6.97. The van der Waals surface area contributed by atoms with Crippen LogP contribution in [0.5, 0.6) is 0 Å². The summed E-state index contributed by atoms with van der Waals surface area (Å²) in [6, 6.07) is 9.37. The minimum Gasteiger partial charge on any atom is -0.382 e. The van der Waals surface area contributed by atoms with Crippen LogP contribution in [0.15, 0.2) is 24.3 Å². The zero-order valence-electron chi connectivity index (χ0n) is 12.6. The number of fused-ring (bicyclic) bond motifs is 1. The number of ether oxygens (including phenoxy) is 2. The molecule has 3 nitrogen and oxygen atoms in total. The van der Waals surface area contributed by atoms with Crippen LogP contribution < -0.4 is 5.32 Å². The topological polar surface area (TPSA) is 30.5 Å². The molecule has 114 valence electrons. The predicted molar refractivity (Wildman–Crippen MR) is 83.6 cm³/mol. The fraction of sp³-hybridized carbons (Fsp3) is 0.667. The van der Waals surface area contributed by atoms with Crippen molar-refractivity contribution in [3.05, 3.63) is 29.8 Å². The lowest BCUT2D eigenvalue weighted by molar-refractivity contribution is -0.0993. The van der Waals surface area contributed by atoms with Crippen molar-refractivity contribution < 1.29 is 9.47 Å². The molecular weight excluding hydrogens is 262 g/mol. The Morgan fingerprint density at radius 3 is 3.05 bits per heavy atom. The van der Waals surface area contributed by atoms with Gasteiger partial charge < -0.3 is 14.8 Å². The molecule has 2 fully saturated rings. The van der Waals surface area contributed by atoms with Crippen LogP contribution in [0.2, 0.25) is 0 Å². The van der Waals surface area contributed by atoms with Crippen molar-refractivity contribution in [1.82, 2.24) is 0 Å². The molecule has 4 rings (SSSR count). The molecule has 1 aromatic carbocycles. The monoisotopic (exact) mass is 287 g/mol. The molecule has 0 aliphatic carbocycles. The summed E-state index contributed by atoms with van der Waals surface area (Å²) in [5.41, 5.74) is 2.87. The van der Waals surface area contributed by atoms with Crippen LogP contribution in [-0.2, 0) is 15.9 Å². The van der Waals surface area contributed by atoms with Crippen LogP contribution in [0.4, 0.5) is 5.69 Å². The molecule has 3 aliphatic rings. The van der Waals surface area contributed by atoms with Gasteiger partial charge in [-0.15, -0.1) is 0 Å². The lowest BCUT2D eigenvalue weighted by Gasteiger charge is -2.39. The van der Waals surface area contributed by atoms with Gasteiger partial charge in [0.05, 0.1) is 12.2 Å². The molecule has 0 radical (unpaired) electrons. The zero-order valence-corrected chi connectivity index (χ0v) is 12.6. The Labute approximate surface area is 127 Å². The summed E-state index contributed by atoms with van der Waals surface area (Å²) < 4.78 is 11.6. The maximum atomic E-state index is 6.06. The maximum Gasteiger partial charge on any atom is 0.0939 e. The Balaban J connectivity index is 1.38. The molecule has 3 aliphatic heterocycles. The minimum atomic E-state index is 0.0511. The fourth-order valence-electron chi connectivity index (χ4n) is 4.27. The molecule has 0 amide bonds. The number of rotatable bonds is 2. The molecule has 3 heteroatoms. The maximum absolute atomic E-state index is 6.06. The van der Waals surface area contributed by atoms with E-state index < -0.39 is 0 Å². The highest BCUT2D eigenvalue weighted by molar-refractivity contribution is 5.53. The van der Waals surface area contributed by atoms with Crippen molar-refractivity contribution in [2.24, 2.45) is 5.92 Å². The molecule has 2 saturated heterocycles. The number of benzene rings is 1. The second-order valence-electron chi connectivity index (χ2n) is 6.97. The van der Waals surface area contributed by atoms with Crippen molar-refractivity contribution in [2.45, 2.75) is 50.2 Å². The van der Waals surface area contributed by atoms with Crippen molar-refractivity contribution in [3.8, 4) is 0 Å². The molecule has 1 spiro atoms. The Kier molecular flexibility index (Phi) is 3.64. The molecule has 3 atom stereocenters. The Hall–Kier alpha value is -1.06. The third kappa shape index (κ3) is 2.82. The highest BCUT2D eigenvalue weighted by Crippen LogP contribution is 2.38. The highest BCUT2D eigenvalue weighted by Gasteiger charge is 2.41. The van der Waals surface area contributed by atoms with Gasteiger partial charge in [0, 0.05) is 31.4 Å². The Morgan fingerprint density at radius 1 is 1.19 bits per heavy atom. The van der Waals surface area contributed by atoms with Crippen LogP contribution >= 0.6 is 0 Å². The first-order valence-corrected chi connectivity index (χ1v) is 8.39. The predicted octanol–water partition coefficient (Wildman–Crippen LogP) is 3.39. The molecule has 1 N–H and O–H groups in total. The van der Waals surface area contributed by atoms with Crippen LogP contribution in [0.1, 0.15) is 37.7 Å². The zero-order chi connectivity index (χ0) is 14.1. The smallest absolute Gasteiger partial charge is 0.0939 e. The SMILES string of the molecule is c1ccc2c(c1)CCC(CC1CCOC3(CCOC3)C1)N2. The number of anilines is 1. The minimum absolute atomic E-state index is 0.0511. The summed E-state index contributed by atoms with van der Waals surface area (Å²) in [5, 5.41) is 3.75. The standard InChI is InChI=1S/C18H25NO2/c1-2-4-17-15(3-1)5-6-16(19-17)11-14-7-9-21-18(12-14)8-10-20-13-18/h1-4,14,16,19H,5-13H2. The lowest BCUT2D eigenvalue weighted by Crippen LogP contribution is -2.42. The molecule has 0 saturated carbocycles. The van der Waals surface area contributed by atoms with Gasteiger partial charge in [0.25, 0.3) is 0 Å². The van der Waals surface area contributed by atoms with Crippen LogP contribution in [-0.4, -0.2) is 31.5 Å². The fourth-order valence-corrected chi connectivity index (χ4v) is 4.27. The molecule has 3 heterocycles. The number of hydrogen-bond acceptors (Lipinski definition) is 3. The van der Waals surface area contributed by atoms with Gasteiger partial charge in [-0.3, -0.25) is 0 Å². The normalized spacial score (nSPS) is 35.4. The van der Waals surface area contributed by atoms with Gasteiger partial charge in [-0.25, -0.2) is 0 Å². The average Bonchev–Trinajstić information content (AvgIpc) is 2.95. The van der Waals surface area contributed by atoms with Crippen LogP contribution in [0.3, 0.4) is 0 Å². The van der Waals surface area contributed by atoms with Gasteiger partial charge in [-0.1, -0.05) is 18.2 Å². The van der Waals surface area contributed by atoms with Gasteiger partial charge in [0.1, 0.15) is 0 Å². The Bertz CT molecular complexity index is 496. The van der Waals surface area contributed by atoms with Crippen molar-refractivity contribution >= 4 is 5.69 Å². The first-order chi connectivity index (χ1) is 10.3. The number of nitrogens with one attached hydrogen (secondary N) is 1. The molecule has 3 unspecified atom stereocenters. The third-order valence-corrected chi connectivity index (χ3v) is 5.42. The lowest BCUT2D eigenvalue weighted by atomic mass is 9.80. The largest absolute Gasteiger partial charge is 0.382 e. The average molecular weight is 287 g/mol. The number of hydrogen-bond donors (Lipinski definition) is 1. The summed E-state index contributed by atoms with van der Waals surface area (Å²) in [6.45, 7) is 2.60. The highest BCUT2D eigenvalue weighted by atomic mass is 16.6. The van der Waals surface area contributed by atoms with E-state index in [-0.39, 0.29) is 5.60 Å². The van der Waals surface area contributed by atoms with E-state index in [0.29, 0.717) is 6.04 Å². The van der Waals surface area contributed by atoms with E-state index in [1.54, 1.807) is 0 Å². The van der Waals surface area contributed by atoms with Crippen LogP contribution in [0, 0.1) is 5.92 Å². The van der Waals surface area contributed by atoms with Crippen molar-refractivity contribution in [1.29, 1.82) is 0 Å². The Morgan fingerprint density at radius 2 is 2.14 bits per heavy atom. The molecule has 1 aromatic rings. The summed E-state index contributed by atoms with van der Waals surface area (Å²) in [6.07, 6.45) is 7.24. The van der Waals surface area contributed by atoms with Crippen molar-refractivity contribution in [2.75, 3.05) is 25.1 Å². The molecule has 0 aromatic heterocycles.